The molecule has 2 atom stereocenters. The third-order valence-electron chi connectivity index (χ3n) is 3.89. The molecule has 0 aliphatic carbocycles. The highest BCUT2D eigenvalue weighted by atomic mass is 79.9. The fourth-order valence-corrected chi connectivity index (χ4v) is 4.30. The number of rotatable bonds is 8. The van der Waals surface area contributed by atoms with Gasteiger partial charge in [-0.3, -0.25) is 9.59 Å². The first-order valence-electron chi connectivity index (χ1n) is 8.68. The number of aryl methyl sites for hydroxylation is 1. The zero-order chi connectivity index (χ0) is 22.5. The molecule has 0 saturated heterocycles. The number of esters is 1. The molecular formula is C19H20BrClN2O6S. The molecule has 162 valence electrons. The van der Waals surface area contributed by atoms with Crippen LogP contribution in [0.2, 0.25) is 5.02 Å². The summed E-state index contributed by atoms with van der Waals surface area (Å²) in [6.07, 6.45) is -1.41. The van der Waals surface area contributed by atoms with Gasteiger partial charge in [0.15, 0.2) is 6.61 Å². The van der Waals surface area contributed by atoms with Crippen molar-refractivity contribution in [1.82, 2.24) is 4.72 Å². The van der Waals surface area contributed by atoms with Crippen LogP contribution in [0.5, 0.6) is 0 Å². The van der Waals surface area contributed by atoms with Gasteiger partial charge >= 0.3 is 5.97 Å². The smallest absolute Gasteiger partial charge is 0.327 e. The molecular weight excluding hydrogens is 500 g/mol. The molecule has 0 aromatic heterocycles. The number of anilines is 1. The van der Waals surface area contributed by atoms with Crippen molar-refractivity contribution in [3.63, 3.8) is 0 Å². The molecule has 0 unspecified atom stereocenters. The number of aliphatic hydroxyl groups excluding tert-OH is 1. The summed E-state index contributed by atoms with van der Waals surface area (Å²) in [5.74, 6) is -1.72. The summed E-state index contributed by atoms with van der Waals surface area (Å²) in [4.78, 5) is 24.2. The van der Waals surface area contributed by atoms with Crippen LogP contribution in [0.4, 0.5) is 5.69 Å². The van der Waals surface area contributed by atoms with Crippen LogP contribution in [-0.2, 0) is 24.3 Å². The van der Waals surface area contributed by atoms with Crippen molar-refractivity contribution < 1.29 is 27.9 Å². The highest BCUT2D eigenvalue weighted by Crippen LogP contribution is 2.23. The van der Waals surface area contributed by atoms with Crippen LogP contribution in [0, 0.1) is 6.92 Å². The maximum absolute atomic E-state index is 12.4. The molecule has 0 aliphatic rings. The molecule has 0 spiro atoms. The maximum atomic E-state index is 12.4. The van der Waals surface area contributed by atoms with Crippen LogP contribution in [-0.4, -0.2) is 44.2 Å². The number of carbonyl (C=O) groups is 2. The normalized spacial score (nSPS) is 13.4. The lowest BCUT2D eigenvalue weighted by atomic mass is 10.2. The average molecular weight is 520 g/mol. The van der Waals surface area contributed by atoms with E-state index in [4.69, 9.17) is 16.3 Å². The van der Waals surface area contributed by atoms with Crippen molar-refractivity contribution in [2.45, 2.75) is 30.9 Å². The topological polar surface area (TPSA) is 122 Å². The van der Waals surface area contributed by atoms with Crippen molar-refractivity contribution in [3.8, 4) is 0 Å². The lowest BCUT2D eigenvalue weighted by molar-refractivity contribution is -0.151. The van der Waals surface area contributed by atoms with Gasteiger partial charge in [0.25, 0.3) is 5.91 Å². The van der Waals surface area contributed by atoms with Gasteiger partial charge in [0.2, 0.25) is 10.0 Å². The van der Waals surface area contributed by atoms with Gasteiger partial charge in [0, 0.05) is 9.50 Å². The van der Waals surface area contributed by atoms with E-state index in [0.29, 0.717) is 15.2 Å². The lowest BCUT2D eigenvalue weighted by Gasteiger charge is -2.20. The fraction of sp³-hybridized carbons (Fsp3) is 0.263. The monoisotopic (exact) mass is 518 g/mol. The summed E-state index contributed by atoms with van der Waals surface area (Å²) in [6, 6.07) is 8.92. The molecule has 1 amide bonds. The predicted octanol–water partition coefficient (Wildman–Crippen LogP) is 2.62. The van der Waals surface area contributed by atoms with Crippen LogP contribution in [0.1, 0.15) is 12.5 Å². The first kappa shape index (κ1) is 24.3. The Morgan fingerprint density at radius 3 is 2.40 bits per heavy atom. The third kappa shape index (κ3) is 6.78. The number of aliphatic hydroxyl groups is 1. The molecule has 3 N–H and O–H groups in total. The van der Waals surface area contributed by atoms with Crippen LogP contribution in [0.3, 0.4) is 0 Å². The second-order valence-corrected chi connectivity index (χ2v) is 9.44. The number of hydrogen-bond donors (Lipinski definition) is 3. The van der Waals surface area contributed by atoms with E-state index in [1.165, 1.54) is 31.2 Å². The molecule has 11 heteroatoms. The van der Waals surface area contributed by atoms with Gasteiger partial charge in [0.1, 0.15) is 6.04 Å². The summed E-state index contributed by atoms with van der Waals surface area (Å²) >= 11 is 9.06. The lowest BCUT2D eigenvalue weighted by Crippen LogP contribution is -2.48. The number of sulfonamides is 1. The van der Waals surface area contributed by atoms with Crippen molar-refractivity contribution in [3.05, 3.63) is 57.5 Å². The Morgan fingerprint density at radius 1 is 1.20 bits per heavy atom. The van der Waals surface area contributed by atoms with E-state index >= 15 is 0 Å². The van der Waals surface area contributed by atoms with E-state index in [-0.39, 0.29) is 4.90 Å². The first-order chi connectivity index (χ1) is 14.0. The number of amides is 1. The minimum atomic E-state index is -4.14. The minimum Gasteiger partial charge on any atom is -0.454 e. The van der Waals surface area contributed by atoms with Crippen molar-refractivity contribution in [2.75, 3.05) is 11.9 Å². The summed E-state index contributed by atoms with van der Waals surface area (Å²) < 4.78 is 32.5. The fourth-order valence-electron chi connectivity index (χ4n) is 2.33. The van der Waals surface area contributed by atoms with Crippen LogP contribution < -0.4 is 10.0 Å². The van der Waals surface area contributed by atoms with Gasteiger partial charge in [-0.1, -0.05) is 17.7 Å². The van der Waals surface area contributed by atoms with Crippen LogP contribution in [0.15, 0.2) is 51.8 Å². The average Bonchev–Trinajstić information content (AvgIpc) is 2.66. The molecule has 0 aliphatic heterocycles. The largest absolute Gasteiger partial charge is 0.454 e. The number of benzene rings is 2. The van der Waals surface area contributed by atoms with Crippen molar-refractivity contribution in [2.24, 2.45) is 0 Å². The predicted molar refractivity (Wildman–Crippen MR) is 116 cm³/mol. The van der Waals surface area contributed by atoms with Gasteiger partial charge in [-0.2, -0.15) is 4.72 Å². The Morgan fingerprint density at radius 2 is 1.83 bits per heavy atom. The molecule has 2 rings (SSSR count). The maximum Gasteiger partial charge on any atom is 0.327 e. The standard InChI is InChI=1S/C19H20BrClN2O6S/c1-11-3-8-16(15(20)9-11)22-17(25)10-29-19(26)18(12(2)24)23-30(27,28)14-6-4-13(21)5-7-14/h3-9,12,18,23-24H,10H2,1-2H3,(H,22,25)/t12-,18+/m1/s1. The van der Waals surface area contributed by atoms with Gasteiger partial charge in [-0.05, 0) is 71.7 Å². The van der Waals surface area contributed by atoms with Gasteiger partial charge in [-0.15, -0.1) is 0 Å². The van der Waals surface area contributed by atoms with E-state index in [1.54, 1.807) is 18.2 Å². The SMILES string of the molecule is Cc1ccc(NC(=O)COC(=O)[C@@H](NS(=O)(=O)c2ccc(Cl)cc2)[C@@H](C)O)c(Br)c1. The third-order valence-corrected chi connectivity index (χ3v) is 6.25. The van der Waals surface area contributed by atoms with Crippen molar-refractivity contribution in [1.29, 1.82) is 0 Å². The Hall–Kier alpha value is -1.98. The van der Waals surface area contributed by atoms with Gasteiger partial charge < -0.3 is 15.2 Å². The minimum absolute atomic E-state index is 0.146. The highest BCUT2D eigenvalue weighted by molar-refractivity contribution is 9.10. The Bertz CT molecular complexity index is 1030. The summed E-state index contributed by atoms with van der Waals surface area (Å²) in [5.41, 5.74) is 1.47. The molecule has 2 aromatic rings. The number of ether oxygens (including phenoxy) is 1. The van der Waals surface area contributed by atoms with E-state index in [9.17, 15) is 23.1 Å². The molecule has 8 nitrogen and oxygen atoms in total. The quantitative estimate of drug-likeness (QED) is 0.461. The summed E-state index contributed by atoms with van der Waals surface area (Å²) in [7, 11) is -4.14. The zero-order valence-electron chi connectivity index (χ0n) is 16.1. The first-order valence-corrected chi connectivity index (χ1v) is 11.3. The molecule has 0 saturated carbocycles. The van der Waals surface area contributed by atoms with E-state index in [0.717, 1.165) is 5.56 Å². The van der Waals surface area contributed by atoms with E-state index in [2.05, 4.69) is 26.0 Å². The second-order valence-electron chi connectivity index (χ2n) is 6.43. The van der Waals surface area contributed by atoms with Crippen molar-refractivity contribution >= 4 is 55.1 Å². The number of carbonyl (C=O) groups excluding carboxylic acids is 2. The number of hydrogen-bond acceptors (Lipinski definition) is 6. The molecule has 0 fully saturated rings. The van der Waals surface area contributed by atoms with Gasteiger partial charge in [0.05, 0.1) is 16.7 Å². The summed E-state index contributed by atoms with van der Waals surface area (Å²) in [5, 5.41) is 12.7. The van der Waals surface area contributed by atoms with Crippen LogP contribution >= 0.6 is 27.5 Å². The molecule has 0 bridgehead atoms. The summed E-state index contributed by atoms with van der Waals surface area (Å²) in [6.45, 7) is 2.45. The molecule has 0 radical (unpaired) electrons. The van der Waals surface area contributed by atoms with Gasteiger partial charge in [-0.25, -0.2) is 8.42 Å². The Kier molecular flexibility index (Phi) is 8.39. The number of nitrogens with one attached hydrogen (secondary N) is 2. The van der Waals surface area contributed by atoms with Crippen LogP contribution in [0.25, 0.3) is 0 Å². The zero-order valence-corrected chi connectivity index (χ0v) is 19.2. The molecule has 2 aromatic carbocycles. The Balaban J connectivity index is 2.01. The Labute approximate surface area is 187 Å². The second kappa shape index (κ2) is 10.4. The van der Waals surface area contributed by atoms with E-state index in [1.807, 2.05) is 6.92 Å². The highest BCUT2D eigenvalue weighted by Gasteiger charge is 2.31. The molecule has 0 heterocycles. The number of halogens is 2. The molecule has 30 heavy (non-hydrogen) atoms. The van der Waals surface area contributed by atoms with E-state index < -0.39 is 40.7 Å².